The molecule has 0 bridgehead atoms. The van der Waals surface area contributed by atoms with E-state index in [4.69, 9.17) is 4.74 Å². The van der Waals surface area contributed by atoms with Crippen LogP contribution < -0.4 is 5.32 Å². The number of benzene rings is 1. The van der Waals surface area contributed by atoms with Crippen LogP contribution >= 0.6 is 0 Å². The predicted molar refractivity (Wildman–Crippen MR) is 103 cm³/mol. The number of pyridine rings is 1. The summed E-state index contributed by atoms with van der Waals surface area (Å²) in [6, 6.07) is 12.1. The summed E-state index contributed by atoms with van der Waals surface area (Å²) >= 11 is 0. The van der Waals surface area contributed by atoms with Crippen LogP contribution in [0.4, 0.5) is 5.82 Å². The number of rotatable bonds is 6. The monoisotopic (exact) mass is 365 g/mol. The maximum absolute atomic E-state index is 9.50. The molecule has 1 atom stereocenters. The minimum atomic E-state index is -0.186. The highest BCUT2D eigenvalue weighted by Gasteiger charge is 2.23. The average Bonchev–Trinajstić information content (AvgIpc) is 2.75. The Morgan fingerprint density at radius 2 is 1.96 bits per heavy atom. The van der Waals surface area contributed by atoms with Crippen molar-refractivity contribution in [2.24, 2.45) is 0 Å². The highest BCUT2D eigenvalue weighted by molar-refractivity contribution is 5.88. The summed E-state index contributed by atoms with van der Waals surface area (Å²) in [7, 11) is 0. The first-order valence-corrected chi connectivity index (χ1v) is 9.17. The van der Waals surface area contributed by atoms with E-state index in [1.807, 2.05) is 36.5 Å². The Morgan fingerprint density at radius 3 is 2.74 bits per heavy atom. The number of aromatic nitrogens is 3. The molecule has 1 saturated heterocycles. The fourth-order valence-electron chi connectivity index (χ4n) is 3.44. The zero-order chi connectivity index (χ0) is 18.5. The van der Waals surface area contributed by atoms with Crippen molar-refractivity contribution in [1.29, 1.82) is 0 Å². The number of aliphatic hydroxyl groups is 1. The standard InChI is InChI=1S/C20H23N5O2/c26-14-19-23-17-6-2-1-5-16(17)20(24-19)22-13-18(15-4-3-7-21-12-15)25-8-10-27-11-9-25/h1-7,12,18,26H,8-11,13-14H2,(H,22,23,24). The maximum Gasteiger partial charge on any atom is 0.156 e. The van der Waals surface area contributed by atoms with Crippen LogP contribution in [0.15, 0.2) is 48.8 Å². The summed E-state index contributed by atoms with van der Waals surface area (Å²) in [5.41, 5.74) is 1.98. The summed E-state index contributed by atoms with van der Waals surface area (Å²) in [4.78, 5) is 15.6. The molecule has 0 saturated carbocycles. The summed E-state index contributed by atoms with van der Waals surface area (Å²) in [5.74, 6) is 1.16. The molecule has 1 aliphatic heterocycles. The van der Waals surface area contributed by atoms with E-state index in [0.29, 0.717) is 12.4 Å². The van der Waals surface area contributed by atoms with Crippen LogP contribution in [0.5, 0.6) is 0 Å². The lowest BCUT2D eigenvalue weighted by atomic mass is 10.1. The smallest absolute Gasteiger partial charge is 0.156 e. The normalized spacial score (nSPS) is 16.3. The van der Waals surface area contributed by atoms with Crippen molar-refractivity contribution in [1.82, 2.24) is 19.9 Å². The highest BCUT2D eigenvalue weighted by atomic mass is 16.5. The molecule has 1 unspecified atom stereocenters. The van der Waals surface area contributed by atoms with Crippen molar-refractivity contribution < 1.29 is 9.84 Å². The lowest BCUT2D eigenvalue weighted by molar-refractivity contribution is 0.0186. The fourth-order valence-corrected chi connectivity index (χ4v) is 3.44. The molecule has 3 heterocycles. The molecule has 0 amide bonds. The first kappa shape index (κ1) is 17.8. The van der Waals surface area contributed by atoms with E-state index in [2.05, 4.69) is 31.2 Å². The molecule has 1 aromatic carbocycles. The molecule has 0 aliphatic carbocycles. The molecule has 1 fully saturated rings. The van der Waals surface area contributed by atoms with Crippen molar-refractivity contribution in [2.45, 2.75) is 12.6 Å². The van der Waals surface area contributed by atoms with Crippen LogP contribution in [0.2, 0.25) is 0 Å². The lowest BCUT2D eigenvalue weighted by Crippen LogP contribution is -2.41. The molecule has 1 aliphatic rings. The molecular weight excluding hydrogens is 342 g/mol. The Labute approximate surface area is 158 Å². The number of fused-ring (bicyclic) bond motifs is 1. The Morgan fingerprint density at radius 1 is 1.11 bits per heavy atom. The number of ether oxygens (including phenoxy) is 1. The molecule has 7 nitrogen and oxygen atoms in total. The molecule has 7 heteroatoms. The van der Waals surface area contributed by atoms with Crippen LogP contribution in [0.1, 0.15) is 17.4 Å². The van der Waals surface area contributed by atoms with E-state index in [0.717, 1.165) is 48.6 Å². The van der Waals surface area contributed by atoms with Gasteiger partial charge in [0.2, 0.25) is 0 Å². The number of hydrogen-bond donors (Lipinski definition) is 2. The van der Waals surface area contributed by atoms with E-state index in [1.165, 1.54) is 0 Å². The second kappa shape index (κ2) is 8.39. The Balaban J connectivity index is 1.62. The molecule has 140 valence electrons. The van der Waals surface area contributed by atoms with Gasteiger partial charge in [-0.1, -0.05) is 18.2 Å². The van der Waals surface area contributed by atoms with Crippen LogP contribution in [0.3, 0.4) is 0 Å². The van der Waals surface area contributed by atoms with E-state index in [-0.39, 0.29) is 12.6 Å². The summed E-state index contributed by atoms with van der Waals surface area (Å²) in [6.45, 7) is 3.73. The number of hydrogen-bond acceptors (Lipinski definition) is 7. The van der Waals surface area contributed by atoms with Crippen molar-refractivity contribution in [3.63, 3.8) is 0 Å². The van der Waals surface area contributed by atoms with Gasteiger partial charge in [0.15, 0.2) is 5.82 Å². The number of nitrogens with one attached hydrogen (secondary N) is 1. The van der Waals surface area contributed by atoms with E-state index >= 15 is 0 Å². The molecule has 2 N–H and O–H groups in total. The number of morpholine rings is 1. The zero-order valence-electron chi connectivity index (χ0n) is 15.1. The minimum absolute atomic E-state index is 0.161. The summed E-state index contributed by atoms with van der Waals surface area (Å²) < 4.78 is 5.51. The summed E-state index contributed by atoms with van der Waals surface area (Å²) in [6.07, 6.45) is 3.71. The third kappa shape index (κ3) is 4.05. The van der Waals surface area contributed by atoms with Crippen molar-refractivity contribution in [2.75, 3.05) is 38.2 Å². The number of aliphatic hydroxyl groups excluding tert-OH is 1. The van der Waals surface area contributed by atoms with Gasteiger partial charge in [-0.3, -0.25) is 9.88 Å². The number of nitrogens with zero attached hydrogens (tertiary/aromatic N) is 4. The molecule has 0 radical (unpaired) electrons. The number of para-hydroxylation sites is 1. The SMILES string of the molecule is OCc1nc(NCC(c2cccnc2)N2CCOCC2)c2ccccc2n1. The second-order valence-electron chi connectivity index (χ2n) is 6.50. The van der Waals surface area contributed by atoms with E-state index in [9.17, 15) is 5.11 Å². The first-order chi connectivity index (χ1) is 13.3. The molecule has 27 heavy (non-hydrogen) atoms. The molecule has 4 rings (SSSR count). The van der Waals surface area contributed by atoms with Gasteiger partial charge >= 0.3 is 0 Å². The van der Waals surface area contributed by atoms with Crippen LogP contribution in [0.25, 0.3) is 10.9 Å². The van der Waals surface area contributed by atoms with Gasteiger partial charge in [0.05, 0.1) is 24.8 Å². The van der Waals surface area contributed by atoms with Crippen LogP contribution in [-0.2, 0) is 11.3 Å². The van der Waals surface area contributed by atoms with Crippen molar-refractivity contribution in [3.8, 4) is 0 Å². The Kier molecular flexibility index (Phi) is 5.53. The molecular formula is C20H23N5O2. The van der Waals surface area contributed by atoms with Gasteiger partial charge in [-0.25, -0.2) is 9.97 Å². The minimum Gasteiger partial charge on any atom is -0.388 e. The molecule has 2 aromatic heterocycles. The topological polar surface area (TPSA) is 83.4 Å². The van der Waals surface area contributed by atoms with Crippen LogP contribution in [-0.4, -0.2) is 57.8 Å². The first-order valence-electron chi connectivity index (χ1n) is 9.17. The van der Waals surface area contributed by atoms with E-state index < -0.39 is 0 Å². The summed E-state index contributed by atoms with van der Waals surface area (Å²) in [5, 5.41) is 13.9. The van der Waals surface area contributed by atoms with Gasteiger partial charge in [-0.05, 0) is 23.8 Å². The van der Waals surface area contributed by atoms with Gasteiger partial charge in [0, 0.05) is 37.4 Å². The van der Waals surface area contributed by atoms with Crippen LogP contribution in [0, 0.1) is 0 Å². The Hall–Kier alpha value is -2.61. The predicted octanol–water partition coefficient (Wildman–Crippen LogP) is 2.00. The maximum atomic E-state index is 9.50. The zero-order valence-corrected chi connectivity index (χ0v) is 15.1. The fraction of sp³-hybridized carbons (Fsp3) is 0.350. The third-order valence-corrected chi connectivity index (χ3v) is 4.81. The highest BCUT2D eigenvalue weighted by Crippen LogP contribution is 2.24. The van der Waals surface area contributed by atoms with Gasteiger partial charge < -0.3 is 15.2 Å². The van der Waals surface area contributed by atoms with Crippen molar-refractivity contribution >= 4 is 16.7 Å². The third-order valence-electron chi connectivity index (χ3n) is 4.81. The van der Waals surface area contributed by atoms with Gasteiger partial charge in [0.1, 0.15) is 12.4 Å². The van der Waals surface area contributed by atoms with E-state index in [1.54, 1.807) is 6.20 Å². The molecule has 0 spiro atoms. The van der Waals surface area contributed by atoms with Crippen molar-refractivity contribution in [3.05, 3.63) is 60.2 Å². The molecule has 3 aromatic rings. The Bertz CT molecular complexity index is 884. The van der Waals surface area contributed by atoms with Gasteiger partial charge in [-0.15, -0.1) is 0 Å². The second-order valence-corrected chi connectivity index (χ2v) is 6.50. The van der Waals surface area contributed by atoms with Gasteiger partial charge in [-0.2, -0.15) is 0 Å². The lowest BCUT2D eigenvalue weighted by Gasteiger charge is -2.34. The average molecular weight is 365 g/mol. The quantitative estimate of drug-likeness (QED) is 0.691. The van der Waals surface area contributed by atoms with Gasteiger partial charge in [0.25, 0.3) is 0 Å². The largest absolute Gasteiger partial charge is 0.388 e. The number of anilines is 1.